The topological polar surface area (TPSA) is 63.0 Å². The summed E-state index contributed by atoms with van der Waals surface area (Å²) in [5.74, 6) is 1.04. The van der Waals surface area contributed by atoms with Gasteiger partial charge in [-0.15, -0.1) is 0 Å². The molecule has 1 aliphatic carbocycles. The predicted molar refractivity (Wildman–Crippen MR) is 117 cm³/mol. The molecule has 0 N–H and O–H groups in total. The van der Waals surface area contributed by atoms with Crippen LogP contribution in [0.3, 0.4) is 0 Å². The van der Waals surface area contributed by atoms with Crippen LogP contribution in [0.4, 0.5) is 0 Å². The molecule has 2 heterocycles. The van der Waals surface area contributed by atoms with Gasteiger partial charge in [-0.25, -0.2) is 0 Å². The Bertz CT molecular complexity index is 846. The fraction of sp³-hybridized carbons (Fsp3) is 0.520. The highest BCUT2D eigenvalue weighted by Gasteiger charge is 2.46. The lowest BCUT2D eigenvalue weighted by Crippen LogP contribution is -2.45. The zero-order valence-electron chi connectivity index (χ0n) is 18.2. The summed E-state index contributed by atoms with van der Waals surface area (Å²) in [7, 11) is 0. The summed E-state index contributed by atoms with van der Waals surface area (Å²) in [4.78, 5) is 30.0. The molecule has 2 fully saturated rings. The van der Waals surface area contributed by atoms with E-state index in [4.69, 9.17) is 9.15 Å². The molecule has 6 nitrogen and oxygen atoms in total. The molecule has 1 aromatic heterocycles. The van der Waals surface area contributed by atoms with Crippen LogP contribution in [0.25, 0.3) is 0 Å². The van der Waals surface area contributed by atoms with Crippen LogP contribution in [0.2, 0.25) is 0 Å². The van der Waals surface area contributed by atoms with E-state index in [1.54, 1.807) is 16.1 Å². The molecule has 2 aliphatic rings. The molecule has 3 atom stereocenters. The number of nitrogens with zero attached hydrogens (tertiary/aromatic N) is 2. The van der Waals surface area contributed by atoms with E-state index >= 15 is 0 Å². The standard InChI is InChI=1S/C25H32N2O4/c1-2-12-26(25(29)23-15-22(23)19-8-4-3-5-9-19)18-24(28)27(16-20-10-6-13-30-20)17-21-11-7-14-31-21/h3-6,8-10,13,21-23H,2,7,11-12,14-18H2,1H3/t21-,22-,23-/m0/s1. The Morgan fingerprint density at radius 1 is 1.10 bits per heavy atom. The molecule has 31 heavy (non-hydrogen) atoms. The Balaban J connectivity index is 1.41. The van der Waals surface area contributed by atoms with Crippen LogP contribution in [0.5, 0.6) is 0 Å². The average Bonchev–Trinajstić information content (AvgIpc) is 3.12. The monoisotopic (exact) mass is 424 g/mol. The summed E-state index contributed by atoms with van der Waals surface area (Å²) in [6.07, 6.45) is 5.35. The van der Waals surface area contributed by atoms with Crippen LogP contribution in [-0.2, 0) is 20.9 Å². The van der Waals surface area contributed by atoms with Gasteiger partial charge in [-0.2, -0.15) is 0 Å². The van der Waals surface area contributed by atoms with Gasteiger partial charge in [0.1, 0.15) is 5.76 Å². The fourth-order valence-electron chi connectivity index (χ4n) is 4.45. The first-order valence-electron chi connectivity index (χ1n) is 11.4. The van der Waals surface area contributed by atoms with Gasteiger partial charge in [-0.05, 0) is 49.3 Å². The number of rotatable bonds is 10. The number of ether oxygens (including phenoxy) is 1. The molecule has 1 saturated carbocycles. The highest BCUT2D eigenvalue weighted by Crippen LogP contribution is 2.48. The maximum atomic E-state index is 13.3. The third-order valence-corrected chi connectivity index (χ3v) is 6.19. The lowest BCUT2D eigenvalue weighted by Gasteiger charge is -2.29. The fourth-order valence-corrected chi connectivity index (χ4v) is 4.45. The summed E-state index contributed by atoms with van der Waals surface area (Å²) < 4.78 is 11.2. The van der Waals surface area contributed by atoms with Crippen LogP contribution < -0.4 is 0 Å². The van der Waals surface area contributed by atoms with E-state index in [1.807, 2.05) is 37.3 Å². The zero-order valence-corrected chi connectivity index (χ0v) is 18.2. The van der Waals surface area contributed by atoms with Crippen molar-refractivity contribution in [3.05, 3.63) is 60.1 Å². The predicted octanol–water partition coefficient (Wildman–Crippen LogP) is 3.83. The molecule has 1 aromatic carbocycles. The van der Waals surface area contributed by atoms with Gasteiger partial charge in [-0.1, -0.05) is 37.3 Å². The van der Waals surface area contributed by atoms with Crippen molar-refractivity contribution in [1.29, 1.82) is 0 Å². The van der Waals surface area contributed by atoms with Gasteiger partial charge >= 0.3 is 0 Å². The molecule has 2 amide bonds. The van der Waals surface area contributed by atoms with E-state index < -0.39 is 0 Å². The minimum atomic E-state index is -0.0504. The van der Waals surface area contributed by atoms with E-state index in [0.717, 1.165) is 38.1 Å². The number of furan rings is 1. The largest absolute Gasteiger partial charge is 0.467 e. The first-order valence-corrected chi connectivity index (χ1v) is 11.4. The second-order valence-corrected chi connectivity index (χ2v) is 8.61. The molecule has 6 heteroatoms. The Hall–Kier alpha value is -2.60. The molecule has 4 rings (SSSR count). The van der Waals surface area contributed by atoms with Crippen LogP contribution in [0.15, 0.2) is 53.1 Å². The summed E-state index contributed by atoms with van der Waals surface area (Å²) in [6, 6.07) is 13.9. The van der Waals surface area contributed by atoms with E-state index in [-0.39, 0.29) is 36.3 Å². The maximum Gasteiger partial charge on any atom is 0.242 e. The smallest absolute Gasteiger partial charge is 0.242 e. The lowest BCUT2D eigenvalue weighted by molar-refractivity contribution is -0.142. The molecule has 2 aromatic rings. The van der Waals surface area contributed by atoms with Crippen molar-refractivity contribution in [2.45, 2.75) is 51.2 Å². The number of carbonyl (C=O) groups is 2. The second-order valence-electron chi connectivity index (χ2n) is 8.61. The van der Waals surface area contributed by atoms with Gasteiger partial charge in [0.25, 0.3) is 0 Å². The van der Waals surface area contributed by atoms with E-state index in [0.29, 0.717) is 19.6 Å². The Morgan fingerprint density at radius 3 is 2.61 bits per heavy atom. The molecule has 166 valence electrons. The molecule has 0 unspecified atom stereocenters. The van der Waals surface area contributed by atoms with E-state index in [1.165, 1.54) is 5.56 Å². The Kier molecular flexibility index (Phi) is 7.07. The van der Waals surface area contributed by atoms with Crippen LogP contribution in [0.1, 0.15) is 49.8 Å². The third kappa shape index (κ3) is 5.56. The number of amides is 2. The Morgan fingerprint density at radius 2 is 1.94 bits per heavy atom. The van der Waals surface area contributed by atoms with Crippen molar-refractivity contribution < 1.29 is 18.7 Å². The van der Waals surface area contributed by atoms with Gasteiger partial charge in [-0.3, -0.25) is 9.59 Å². The molecular formula is C25H32N2O4. The first-order chi connectivity index (χ1) is 15.2. The number of hydrogen-bond donors (Lipinski definition) is 0. The molecule has 0 bridgehead atoms. The summed E-state index contributed by atoms with van der Waals surface area (Å²) in [5.41, 5.74) is 1.21. The van der Waals surface area contributed by atoms with Gasteiger partial charge in [0.15, 0.2) is 0 Å². The number of carbonyl (C=O) groups excluding carboxylic acids is 2. The summed E-state index contributed by atoms with van der Waals surface area (Å²) in [6.45, 7) is 4.42. The van der Waals surface area contributed by atoms with Gasteiger partial charge in [0.2, 0.25) is 11.8 Å². The van der Waals surface area contributed by atoms with Crippen LogP contribution in [0, 0.1) is 5.92 Å². The third-order valence-electron chi connectivity index (χ3n) is 6.19. The van der Waals surface area contributed by atoms with Gasteiger partial charge in [0, 0.05) is 25.6 Å². The Labute approximate surface area is 184 Å². The zero-order chi connectivity index (χ0) is 21.6. The molecule has 1 aliphatic heterocycles. The van der Waals surface area contributed by atoms with Crippen LogP contribution >= 0.6 is 0 Å². The maximum absolute atomic E-state index is 13.3. The van der Waals surface area contributed by atoms with Crippen LogP contribution in [-0.4, -0.2) is 54.0 Å². The van der Waals surface area contributed by atoms with Gasteiger partial charge < -0.3 is 19.0 Å². The van der Waals surface area contributed by atoms with Crippen molar-refractivity contribution >= 4 is 11.8 Å². The number of hydrogen-bond acceptors (Lipinski definition) is 4. The van der Waals surface area contributed by atoms with Crippen molar-refractivity contribution in [2.24, 2.45) is 5.92 Å². The molecule has 0 radical (unpaired) electrons. The van der Waals surface area contributed by atoms with Crippen molar-refractivity contribution in [3.63, 3.8) is 0 Å². The molecule has 1 saturated heterocycles. The minimum Gasteiger partial charge on any atom is -0.467 e. The normalized spacial score (nSPS) is 22.3. The quantitative estimate of drug-likeness (QED) is 0.582. The lowest BCUT2D eigenvalue weighted by atomic mass is 10.1. The van der Waals surface area contributed by atoms with E-state index in [9.17, 15) is 9.59 Å². The first kappa shape index (κ1) is 21.6. The summed E-state index contributed by atoms with van der Waals surface area (Å²) >= 11 is 0. The summed E-state index contributed by atoms with van der Waals surface area (Å²) in [5, 5.41) is 0. The average molecular weight is 425 g/mol. The van der Waals surface area contributed by atoms with Crippen molar-refractivity contribution in [3.8, 4) is 0 Å². The van der Waals surface area contributed by atoms with Crippen molar-refractivity contribution in [1.82, 2.24) is 9.80 Å². The van der Waals surface area contributed by atoms with Crippen molar-refractivity contribution in [2.75, 3.05) is 26.2 Å². The highest BCUT2D eigenvalue weighted by atomic mass is 16.5. The molecular weight excluding hydrogens is 392 g/mol. The van der Waals surface area contributed by atoms with Gasteiger partial charge in [0.05, 0.1) is 25.5 Å². The minimum absolute atomic E-state index is 0.0153. The van der Waals surface area contributed by atoms with E-state index in [2.05, 4.69) is 12.1 Å². The second kappa shape index (κ2) is 10.1. The molecule has 0 spiro atoms. The highest BCUT2D eigenvalue weighted by molar-refractivity contribution is 5.88. The number of benzene rings is 1. The SMILES string of the molecule is CCCN(CC(=O)N(Cc1ccco1)C[C@@H]1CCCO1)C(=O)[C@H]1C[C@H]1c1ccccc1.